The Morgan fingerprint density at radius 3 is 2.25 bits per heavy atom. The number of fused-ring (bicyclic) bond motifs is 1. The second kappa shape index (κ2) is 6.31. The molecule has 0 aliphatic heterocycles. The fraction of sp³-hybridized carbons (Fsp3) is 0.286. The fourth-order valence-corrected chi connectivity index (χ4v) is 2.17. The summed E-state index contributed by atoms with van der Waals surface area (Å²) < 4.78 is 0. The average Bonchev–Trinajstić information content (AvgIpc) is 2.45. The second-order valence-corrected chi connectivity index (χ2v) is 4.28. The first-order valence-corrected chi connectivity index (χ1v) is 6.26. The lowest BCUT2D eigenvalue weighted by atomic mass is 10.1. The number of hydrogen-bond acceptors (Lipinski definition) is 5. The van der Waals surface area contributed by atoms with Gasteiger partial charge in [0.15, 0.2) is 0 Å². The zero-order chi connectivity index (χ0) is 14.5. The summed E-state index contributed by atoms with van der Waals surface area (Å²) in [4.78, 5) is 17.1. The highest BCUT2D eigenvalue weighted by Gasteiger charge is 2.16. The summed E-state index contributed by atoms with van der Waals surface area (Å²) in [5, 5.41) is 28.7. The normalized spacial score (nSPS) is 10.7. The largest absolute Gasteiger partial charge is 0.478 e. The number of benzene rings is 1. The molecular weight excluding hydrogens is 260 g/mol. The maximum Gasteiger partial charge on any atom is 0.337 e. The van der Waals surface area contributed by atoms with Crippen LogP contribution in [0.5, 0.6) is 0 Å². The minimum absolute atomic E-state index is 0.0727. The number of aromatic nitrogens is 1. The van der Waals surface area contributed by atoms with E-state index >= 15 is 0 Å². The summed E-state index contributed by atoms with van der Waals surface area (Å²) in [6.45, 7) is 0.501. The van der Waals surface area contributed by atoms with E-state index in [0.29, 0.717) is 29.7 Å². The van der Waals surface area contributed by atoms with Gasteiger partial charge in [-0.15, -0.1) is 0 Å². The lowest BCUT2D eigenvalue weighted by Crippen LogP contribution is -2.30. The number of hydrogen-bond donors (Lipinski definition) is 3. The van der Waals surface area contributed by atoms with Crippen molar-refractivity contribution in [1.29, 1.82) is 0 Å². The molecule has 0 radical (unpaired) electrons. The van der Waals surface area contributed by atoms with E-state index in [1.165, 1.54) is 6.20 Å². The molecule has 0 bridgehead atoms. The van der Waals surface area contributed by atoms with Crippen LogP contribution in [0.25, 0.3) is 10.8 Å². The molecule has 2 rings (SSSR count). The third-order valence-corrected chi connectivity index (χ3v) is 3.04. The molecule has 2 aromatic rings. The first-order chi connectivity index (χ1) is 9.69. The number of anilines is 1. The van der Waals surface area contributed by atoms with Crippen molar-refractivity contribution in [2.24, 2.45) is 0 Å². The Morgan fingerprint density at radius 1 is 1.10 bits per heavy atom. The lowest BCUT2D eigenvalue weighted by molar-refractivity contribution is 0.0698. The van der Waals surface area contributed by atoms with Crippen LogP contribution in [0.3, 0.4) is 0 Å². The van der Waals surface area contributed by atoms with Gasteiger partial charge in [0.1, 0.15) is 5.82 Å². The molecule has 0 fully saturated rings. The van der Waals surface area contributed by atoms with Gasteiger partial charge in [0.2, 0.25) is 0 Å². The van der Waals surface area contributed by atoms with Crippen molar-refractivity contribution in [2.45, 2.75) is 0 Å². The fourth-order valence-electron chi connectivity index (χ4n) is 2.17. The van der Waals surface area contributed by atoms with E-state index in [1.807, 2.05) is 0 Å². The Kier molecular flexibility index (Phi) is 4.49. The Balaban J connectivity index is 2.59. The van der Waals surface area contributed by atoms with Gasteiger partial charge >= 0.3 is 5.97 Å². The number of aromatic carboxylic acids is 1. The van der Waals surface area contributed by atoms with Crippen LogP contribution < -0.4 is 4.90 Å². The predicted octanol–water partition coefficient (Wildman–Crippen LogP) is 0.724. The number of pyridine rings is 1. The van der Waals surface area contributed by atoms with Crippen LogP contribution in [0.15, 0.2) is 30.5 Å². The number of carbonyl (C=O) groups is 1. The van der Waals surface area contributed by atoms with E-state index in [2.05, 4.69) is 4.98 Å². The van der Waals surface area contributed by atoms with Crippen LogP contribution in [0, 0.1) is 0 Å². The van der Waals surface area contributed by atoms with Crippen molar-refractivity contribution < 1.29 is 20.1 Å². The van der Waals surface area contributed by atoms with E-state index in [9.17, 15) is 9.90 Å². The molecule has 1 aromatic carbocycles. The summed E-state index contributed by atoms with van der Waals surface area (Å²) in [5.74, 6) is -0.468. The molecule has 0 saturated heterocycles. The Bertz CT molecular complexity index is 609. The van der Waals surface area contributed by atoms with Gasteiger partial charge < -0.3 is 20.2 Å². The maximum atomic E-state index is 11.2. The first kappa shape index (κ1) is 14.2. The third kappa shape index (κ3) is 2.71. The summed E-state index contributed by atoms with van der Waals surface area (Å²) in [5.41, 5.74) is 0.136. The van der Waals surface area contributed by atoms with Crippen LogP contribution in [-0.2, 0) is 0 Å². The van der Waals surface area contributed by atoms with Crippen LogP contribution >= 0.6 is 0 Å². The van der Waals surface area contributed by atoms with Crippen molar-refractivity contribution in [2.75, 3.05) is 31.2 Å². The Morgan fingerprint density at radius 2 is 1.70 bits per heavy atom. The highest BCUT2D eigenvalue weighted by Crippen LogP contribution is 2.27. The molecule has 0 aliphatic rings. The summed E-state index contributed by atoms with van der Waals surface area (Å²) in [7, 11) is 0. The number of carboxylic acid groups (broad SMARTS) is 1. The molecule has 6 heteroatoms. The number of aliphatic hydroxyl groups is 2. The molecule has 0 atom stereocenters. The van der Waals surface area contributed by atoms with E-state index < -0.39 is 5.97 Å². The highest BCUT2D eigenvalue weighted by atomic mass is 16.4. The molecule has 0 aliphatic carbocycles. The quantitative estimate of drug-likeness (QED) is 0.720. The summed E-state index contributed by atoms with van der Waals surface area (Å²) in [6, 6.07) is 7.07. The molecule has 6 nitrogen and oxygen atoms in total. The SMILES string of the molecule is O=C(O)c1cnc(N(CCO)CCO)c2ccccc12. The van der Waals surface area contributed by atoms with Crippen LogP contribution in [0.4, 0.5) is 5.82 Å². The molecule has 0 amide bonds. The number of aliphatic hydroxyl groups excluding tert-OH is 2. The molecular formula is C14H16N2O4. The molecule has 1 aromatic heterocycles. The van der Waals surface area contributed by atoms with Crippen molar-refractivity contribution in [3.8, 4) is 0 Å². The van der Waals surface area contributed by atoms with Crippen molar-refractivity contribution in [3.05, 3.63) is 36.0 Å². The molecule has 0 unspecified atom stereocenters. The lowest BCUT2D eigenvalue weighted by Gasteiger charge is -2.23. The van der Waals surface area contributed by atoms with Gasteiger partial charge in [-0.05, 0) is 0 Å². The van der Waals surface area contributed by atoms with E-state index in [1.54, 1.807) is 29.2 Å². The average molecular weight is 276 g/mol. The standard InChI is InChI=1S/C14H16N2O4/c17-7-5-16(6-8-18)13-11-4-2-1-3-10(11)12(9-15-13)14(19)20/h1-4,9,17-18H,5-8H2,(H,19,20). The minimum Gasteiger partial charge on any atom is -0.478 e. The Labute approximate surface area is 115 Å². The van der Waals surface area contributed by atoms with Gasteiger partial charge in [-0.3, -0.25) is 0 Å². The monoisotopic (exact) mass is 276 g/mol. The first-order valence-electron chi connectivity index (χ1n) is 6.26. The Hall–Kier alpha value is -2.18. The van der Waals surface area contributed by atoms with Gasteiger partial charge in [0, 0.05) is 30.1 Å². The van der Waals surface area contributed by atoms with E-state index in [-0.39, 0.29) is 18.8 Å². The molecule has 106 valence electrons. The molecule has 0 saturated carbocycles. The summed E-state index contributed by atoms with van der Waals surface area (Å²) in [6.07, 6.45) is 1.31. The van der Waals surface area contributed by atoms with Crippen LogP contribution in [0.1, 0.15) is 10.4 Å². The van der Waals surface area contributed by atoms with Crippen LogP contribution in [0.2, 0.25) is 0 Å². The topological polar surface area (TPSA) is 93.9 Å². The third-order valence-electron chi connectivity index (χ3n) is 3.04. The van der Waals surface area contributed by atoms with E-state index in [4.69, 9.17) is 10.2 Å². The number of rotatable bonds is 6. The zero-order valence-corrected chi connectivity index (χ0v) is 10.9. The molecule has 20 heavy (non-hydrogen) atoms. The van der Waals surface area contributed by atoms with Crippen LogP contribution in [-0.4, -0.2) is 52.6 Å². The molecule has 1 heterocycles. The van der Waals surface area contributed by atoms with Crippen molar-refractivity contribution in [3.63, 3.8) is 0 Å². The number of nitrogens with zero attached hydrogens (tertiary/aromatic N) is 2. The minimum atomic E-state index is -1.03. The molecule has 0 spiro atoms. The van der Waals surface area contributed by atoms with Crippen molar-refractivity contribution >= 4 is 22.6 Å². The van der Waals surface area contributed by atoms with Crippen molar-refractivity contribution in [1.82, 2.24) is 4.98 Å². The summed E-state index contributed by atoms with van der Waals surface area (Å²) >= 11 is 0. The van der Waals surface area contributed by atoms with Gasteiger partial charge in [0.25, 0.3) is 0 Å². The van der Waals surface area contributed by atoms with Gasteiger partial charge in [-0.1, -0.05) is 24.3 Å². The van der Waals surface area contributed by atoms with Gasteiger partial charge in [-0.2, -0.15) is 0 Å². The molecule has 3 N–H and O–H groups in total. The van der Waals surface area contributed by atoms with Gasteiger partial charge in [0.05, 0.1) is 18.8 Å². The second-order valence-electron chi connectivity index (χ2n) is 4.28. The van der Waals surface area contributed by atoms with E-state index in [0.717, 1.165) is 0 Å². The highest BCUT2D eigenvalue weighted by molar-refractivity contribution is 6.06. The smallest absolute Gasteiger partial charge is 0.337 e. The predicted molar refractivity (Wildman–Crippen MR) is 75.1 cm³/mol. The number of carboxylic acids is 1. The van der Waals surface area contributed by atoms with Gasteiger partial charge in [-0.25, -0.2) is 9.78 Å². The maximum absolute atomic E-state index is 11.2. The zero-order valence-electron chi connectivity index (χ0n) is 10.9.